The lowest BCUT2D eigenvalue weighted by Gasteiger charge is -2.31. The summed E-state index contributed by atoms with van der Waals surface area (Å²) >= 11 is 0. The van der Waals surface area contributed by atoms with Gasteiger partial charge in [0, 0.05) is 26.7 Å². The van der Waals surface area contributed by atoms with Gasteiger partial charge in [-0.2, -0.15) is 4.31 Å². The molecule has 1 aromatic carbocycles. The topological polar surface area (TPSA) is 75.6 Å². The van der Waals surface area contributed by atoms with Crippen molar-refractivity contribution in [2.24, 2.45) is 0 Å². The second-order valence-electron chi connectivity index (χ2n) is 6.32. The standard InChI is InChI=1S/C17H21FN4O3S/c1-21(2)16-9-10-17(20-19-16)25-14-4-3-11-22(12-14)26(23,24)15-7-5-13(18)6-8-15/h5-10,14H,3-4,11-12H2,1-2H3. The number of piperidine rings is 1. The van der Waals surface area contributed by atoms with Crippen molar-refractivity contribution >= 4 is 15.8 Å². The molecule has 2 heterocycles. The minimum Gasteiger partial charge on any atom is -0.472 e. The Morgan fingerprint density at radius 3 is 2.50 bits per heavy atom. The van der Waals surface area contributed by atoms with E-state index in [0.29, 0.717) is 24.7 Å². The molecule has 1 aliphatic heterocycles. The molecule has 7 nitrogen and oxygen atoms in total. The zero-order valence-corrected chi connectivity index (χ0v) is 15.5. The molecule has 0 amide bonds. The summed E-state index contributed by atoms with van der Waals surface area (Å²) in [7, 11) is 0.0519. The highest BCUT2D eigenvalue weighted by atomic mass is 32.2. The highest BCUT2D eigenvalue weighted by molar-refractivity contribution is 7.89. The molecule has 0 radical (unpaired) electrons. The van der Waals surface area contributed by atoms with Crippen molar-refractivity contribution in [1.29, 1.82) is 0 Å². The molecule has 140 valence electrons. The van der Waals surface area contributed by atoms with Crippen molar-refractivity contribution in [2.75, 3.05) is 32.1 Å². The number of hydrogen-bond acceptors (Lipinski definition) is 6. The fraction of sp³-hybridized carbons (Fsp3) is 0.412. The van der Waals surface area contributed by atoms with Crippen LogP contribution in [-0.2, 0) is 10.0 Å². The average Bonchev–Trinajstić information content (AvgIpc) is 2.63. The lowest BCUT2D eigenvalue weighted by atomic mass is 10.1. The monoisotopic (exact) mass is 380 g/mol. The Labute approximate surface area is 152 Å². The van der Waals surface area contributed by atoms with E-state index < -0.39 is 15.8 Å². The summed E-state index contributed by atoms with van der Waals surface area (Å²) in [5.41, 5.74) is 0. The van der Waals surface area contributed by atoms with Crippen molar-refractivity contribution in [3.8, 4) is 5.88 Å². The van der Waals surface area contributed by atoms with E-state index >= 15 is 0 Å². The molecule has 0 bridgehead atoms. The molecule has 0 saturated carbocycles. The molecule has 1 aromatic heterocycles. The van der Waals surface area contributed by atoms with Crippen LogP contribution in [0, 0.1) is 5.82 Å². The van der Waals surface area contributed by atoms with Crippen LogP contribution in [0.2, 0.25) is 0 Å². The first-order valence-electron chi connectivity index (χ1n) is 8.30. The van der Waals surface area contributed by atoms with E-state index in [4.69, 9.17) is 4.74 Å². The quantitative estimate of drug-likeness (QED) is 0.789. The molecule has 1 saturated heterocycles. The summed E-state index contributed by atoms with van der Waals surface area (Å²) < 4.78 is 45.7. The molecule has 1 fully saturated rings. The molecule has 3 rings (SSSR count). The van der Waals surface area contributed by atoms with Crippen molar-refractivity contribution in [3.63, 3.8) is 0 Å². The minimum atomic E-state index is -3.68. The number of sulfonamides is 1. The smallest absolute Gasteiger partial charge is 0.243 e. The third-order valence-electron chi connectivity index (χ3n) is 4.16. The van der Waals surface area contributed by atoms with Crippen molar-refractivity contribution in [1.82, 2.24) is 14.5 Å². The van der Waals surface area contributed by atoms with E-state index in [1.54, 1.807) is 12.1 Å². The molecule has 9 heteroatoms. The molecule has 1 atom stereocenters. The fourth-order valence-corrected chi connectivity index (χ4v) is 4.27. The average molecular weight is 380 g/mol. The van der Waals surface area contributed by atoms with Gasteiger partial charge in [0.1, 0.15) is 11.9 Å². The van der Waals surface area contributed by atoms with Gasteiger partial charge >= 0.3 is 0 Å². The van der Waals surface area contributed by atoms with Crippen LogP contribution in [0.4, 0.5) is 10.2 Å². The lowest BCUT2D eigenvalue weighted by Crippen LogP contribution is -2.44. The Kier molecular flexibility index (Phi) is 5.38. The number of benzene rings is 1. The minimum absolute atomic E-state index is 0.0784. The Balaban J connectivity index is 1.69. The Morgan fingerprint density at radius 1 is 1.15 bits per heavy atom. The number of anilines is 1. The van der Waals surface area contributed by atoms with E-state index in [9.17, 15) is 12.8 Å². The van der Waals surface area contributed by atoms with Crippen molar-refractivity contribution < 1.29 is 17.5 Å². The first-order chi connectivity index (χ1) is 12.4. The Bertz CT molecular complexity index is 841. The second kappa shape index (κ2) is 7.55. The van der Waals surface area contributed by atoms with Gasteiger partial charge < -0.3 is 9.64 Å². The number of rotatable bonds is 5. The molecule has 2 aromatic rings. The maximum absolute atomic E-state index is 13.1. The maximum Gasteiger partial charge on any atom is 0.243 e. The zero-order chi connectivity index (χ0) is 18.7. The van der Waals surface area contributed by atoms with Gasteiger partial charge in [0.25, 0.3) is 0 Å². The van der Waals surface area contributed by atoms with E-state index in [1.807, 2.05) is 19.0 Å². The third kappa shape index (κ3) is 4.10. The number of nitrogens with zero attached hydrogens (tertiary/aromatic N) is 4. The highest BCUT2D eigenvalue weighted by Crippen LogP contribution is 2.23. The summed E-state index contributed by atoms with van der Waals surface area (Å²) in [5, 5.41) is 8.08. The molecular weight excluding hydrogens is 359 g/mol. The molecule has 1 unspecified atom stereocenters. The van der Waals surface area contributed by atoms with Crippen LogP contribution in [0.5, 0.6) is 5.88 Å². The molecule has 1 aliphatic rings. The lowest BCUT2D eigenvalue weighted by molar-refractivity contribution is 0.123. The van der Waals surface area contributed by atoms with E-state index in [2.05, 4.69) is 10.2 Å². The summed E-state index contributed by atoms with van der Waals surface area (Å²) in [6.45, 7) is 0.627. The first kappa shape index (κ1) is 18.5. The third-order valence-corrected chi connectivity index (χ3v) is 6.04. The number of hydrogen-bond donors (Lipinski definition) is 0. The molecule has 0 aliphatic carbocycles. The molecule has 0 N–H and O–H groups in total. The van der Waals surface area contributed by atoms with Crippen LogP contribution in [0.25, 0.3) is 0 Å². The second-order valence-corrected chi connectivity index (χ2v) is 8.26. The van der Waals surface area contributed by atoms with Crippen molar-refractivity contribution in [3.05, 3.63) is 42.2 Å². The summed E-state index contributed by atoms with van der Waals surface area (Å²) in [4.78, 5) is 1.91. The van der Waals surface area contributed by atoms with Crippen LogP contribution in [0.1, 0.15) is 12.8 Å². The Hall–Kier alpha value is -2.26. The Morgan fingerprint density at radius 2 is 1.88 bits per heavy atom. The van der Waals surface area contributed by atoms with Gasteiger partial charge in [-0.05, 0) is 43.2 Å². The highest BCUT2D eigenvalue weighted by Gasteiger charge is 2.31. The van der Waals surface area contributed by atoms with Gasteiger partial charge in [0.05, 0.1) is 11.4 Å². The van der Waals surface area contributed by atoms with Gasteiger partial charge in [0.2, 0.25) is 15.9 Å². The fourth-order valence-electron chi connectivity index (χ4n) is 2.76. The van der Waals surface area contributed by atoms with Crippen LogP contribution in [-0.4, -0.2) is 56.2 Å². The predicted octanol–water partition coefficient (Wildman–Crippen LogP) is 1.91. The summed E-state index contributed by atoms with van der Waals surface area (Å²) in [5.74, 6) is 0.603. The van der Waals surface area contributed by atoms with Gasteiger partial charge in [-0.25, -0.2) is 12.8 Å². The predicted molar refractivity (Wildman–Crippen MR) is 95.2 cm³/mol. The number of ether oxygens (including phenoxy) is 1. The van der Waals surface area contributed by atoms with Gasteiger partial charge in [-0.3, -0.25) is 0 Å². The van der Waals surface area contributed by atoms with E-state index in [1.165, 1.54) is 16.4 Å². The van der Waals surface area contributed by atoms with Gasteiger partial charge in [-0.15, -0.1) is 10.2 Å². The van der Waals surface area contributed by atoms with E-state index in [-0.39, 0.29) is 17.5 Å². The van der Waals surface area contributed by atoms with Gasteiger partial charge in [0.15, 0.2) is 5.82 Å². The summed E-state index contributed by atoms with van der Waals surface area (Å²) in [6.07, 6.45) is 1.10. The largest absolute Gasteiger partial charge is 0.472 e. The number of aromatic nitrogens is 2. The van der Waals surface area contributed by atoms with Crippen LogP contribution < -0.4 is 9.64 Å². The van der Waals surface area contributed by atoms with E-state index in [0.717, 1.165) is 18.6 Å². The summed E-state index contributed by atoms with van der Waals surface area (Å²) in [6, 6.07) is 8.36. The zero-order valence-electron chi connectivity index (χ0n) is 14.7. The van der Waals surface area contributed by atoms with Crippen LogP contribution >= 0.6 is 0 Å². The van der Waals surface area contributed by atoms with Crippen LogP contribution in [0.3, 0.4) is 0 Å². The normalized spacial score (nSPS) is 18.5. The van der Waals surface area contributed by atoms with Gasteiger partial charge in [-0.1, -0.05) is 0 Å². The molecule has 0 spiro atoms. The maximum atomic E-state index is 13.1. The first-order valence-corrected chi connectivity index (χ1v) is 9.74. The SMILES string of the molecule is CN(C)c1ccc(OC2CCCN(S(=O)(=O)c3ccc(F)cc3)C2)nn1. The molecule has 26 heavy (non-hydrogen) atoms. The van der Waals surface area contributed by atoms with Crippen LogP contribution in [0.15, 0.2) is 41.3 Å². The number of halogens is 1. The van der Waals surface area contributed by atoms with Crippen molar-refractivity contribution in [2.45, 2.75) is 23.8 Å². The molecular formula is C17H21FN4O3S.